The van der Waals surface area contributed by atoms with Gasteiger partial charge in [0.05, 0.1) is 18.7 Å². The quantitative estimate of drug-likeness (QED) is 0.899. The van der Waals surface area contributed by atoms with Gasteiger partial charge in [-0.25, -0.2) is 0 Å². The highest BCUT2D eigenvalue weighted by Crippen LogP contribution is 2.14. The molecule has 25 heavy (non-hydrogen) atoms. The highest BCUT2D eigenvalue weighted by molar-refractivity contribution is 5.79. The summed E-state index contributed by atoms with van der Waals surface area (Å²) in [4.78, 5) is 16.6. The number of amides is 1. The predicted octanol–water partition coefficient (Wildman–Crippen LogP) is 1.66. The third kappa shape index (κ3) is 4.60. The zero-order valence-electron chi connectivity index (χ0n) is 15.3. The lowest BCUT2D eigenvalue weighted by Crippen LogP contribution is -2.47. The van der Waals surface area contributed by atoms with Gasteiger partial charge in [-0.1, -0.05) is 12.1 Å². The van der Waals surface area contributed by atoms with Gasteiger partial charge in [-0.2, -0.15) is 5.10 Å². The smallest absolute Gasteiger partial charge is 0.227 e. The fraction of sp³-hybridized carbons (Fsp3) is 0.474. The number of hydrogen-bond donors (Lipinski definition) is 1. The number of hydrogen-bond acceptors (Lipinski definition) is 4. The number of anilines is 1. The van der Waals surface area contributed by atoms with Crippen LogP contribution in [0.3, 0.4) is 0 Å². The fourth-order valence-electron chi connectivity index (χ4n) is 3.10. The molecule has 2 heterocycles. The Kier molecular flexibility index (Phi) is 5.38. The second kappa shape index (κ2) is 7.70. The molecule has 0 atom stereocenters. The molecule has 6 nitrogen and oxygen atoms in total. The van der Waals surface area contributed by atoms with Crippen LogP contribution in [0.1, 0.15) is 16.8 Å². The summed E-state index contributed by atoms with van der Waals surface area (Å²) in [5.74, 6) is 0.220. The lowest BCUT2D eigenvalue weighted by molar-refractivity contribution is -0.132. The molecule has 0 radical (unpaired) electrons. The average Bonchev–Trinajstić information content (AvgIpc) is 2.92. The standard InChI is InChI=1S/C19H27N5O/c1-15-14-23(3)21-18(15)13-20-17-6-4-16(5-7-17)12-19(25)24-10-8-22(2)9-11-24/h4-7,14,20H,8-13H2,1-3H3. The van der Waals surface area contributed by atoms with Crippen LogP contribution in [0.15, 0.2) is 30.5 Å². The van der Waals surface area contributed by atoms with E-state index in [-0.39, 0.29) is 5.91 Å². The molecule has 0 saturated carbocycles. The summed E-state index contributed by atoms with van der Waals surface area (Å²) in [6.07, 6.45) is 2.49. The maximum atomic E-state index is 12.4. The van der Waals surface area contributed by atoms with E-state index >= 15 is 0 Å². The van der Waals surface area contributed by atoms with Crippen LogP contribution in [-0.2, 0) is 24.8 Å². The Labute approximate surface area is 149 Å². The van der Waals surface area contributed by atoms with E-state index in [2.05, 4.69) is 29.3 Å². The topological polar surface area (TPSA) is 53.4 Å². The number of nitrogens with zero attached hydrogens (tertiary/aromatic N) is 4. The molecule has 134 valence electrons. The minimum absolute atomic E-state index is 0.220. The van der Waals surface area contributed by atoms with Crippen LogP contribution in [0.4, 0.5) is 5.69 Å². The van der Waals surface area contributed by atoms with Crippen LogP contribution < -0.4 is 5.32 Å². The molecule has 0 aliphatic carbocycles. The SMILES string of the molecule is Cc1cn(C)nc1CNc1ccc(CC(=O)N2CCN(C)CC2)cc1. The first kappa shape index (κ1) is 17.5. The number of benzene rings is 1. The van der Waals surface area contributed by atoms with E-state index in [0.29, 0.717) is 13.0 Å². The van der Waals surface area contributed by atoms with Crippen LogP contribution >= 0.6 is 0 Å². The molecule has 1 aromatic heterocycles. The summed E-state index contributed by atoms with van der Waals surface area (Å²) in [5, 5.41) is 7.83. The van der Waals surface area contributed by atoms with Crippen molar-refractivity contribution in [2.24, 2.45) is 7.05 Å². The molecule has 0 unspecified atom stereocenters. The Bertz CT molecular complexity index is 714. The maximum Gasteiger partial charge on any atom is 0.227 e. The summed E-state index contributed by atoms with van der Waals surface area (Å²) < 4.78 is 1.83. The molecule has 1 aromatic carbocycles. The van der Waals surface area contributed by atoms with E-state index in [9.17, 15) is 4.79 Å². The van der Waals surface area contributed by atoms with Gasteiger partial charge in [-0.05, 0) is 37.2 Å². The Balaban J connectivity index is 1.51. The second-order valence-corrected chi connectivity index (χ2v) is 6.84. The van der Waals surface area contributed by atoms with E-state index in [1.54, 1.807) is 0 Å². The van der Waals surface area contributed by atoms with Crippen molar-refractivity contribution < 1.29 is 4.79 Å². The van der Waals surface area contributed by atoms with E-state index in [4.69, 9.17) is 0 Å². The van der Waals surface area contributed by atoms with Crippen molar-refractivity contribution in [3.8, 4) is 0 Å². The third-order valence-corrected chi connectivity index (χ3v) is 4.74. The number of rotatable bonds is 5. The minimum Gasteiger partial charge on any atom is -0.379 e. The first-order valence-electron chi connectivity index (χ1n) is 8.79. The van der Waals surface area contributed by atoms with Crippen LogP contribution in [0.2, 0.25) is 0 Å². The number of nitrogens with one attached hydrogen (secondary N) is 1. The summed E-state index contributed by atoms with van der Waals surface area (Å²) in [6, 6.07) is 8.12. The normalized spacial score (nSPS) is 15.4. The molecule has 6 heteroatoms. The highest BCUT2D eigenvalue weighted by Gasteiger charge is 2.18. The molecule has 1 N–H and O–H groups in total. The minimum atomic E-state index is 0.220. The number of piperazine rings is 1. The van der Waals surface area contributed by atoms with Gasteiger partial charge in [-0.15, -0.1) is 0 Å². The first-order chi connectivity index (χ1) is 12.0. The van der Waals surface area contributed by atoms with E-state index in [1.165, 1.54) is 5.56 Å². The Hall–Kier alpha value is -2.34. The molecule has 2 aromatic rings. The summed E-state index contributed by atoms with van der Waals surface area (Å²) in [7, 11) is 4.03. The van der Waals surface area contributed by atoms with Crippen molar-refractivity contribution >= 4 is 11.6 Å². The first-order valence-corrected chi connectivity index (χ1v) is 8.79. The van der Waals surface area contributed by atoms with Crippen LogP contribution in [0, 0.1) is 6.92 Å². The van der Waals surface area contributed by atoms with Crippen molar-refractivity contribution in [3.05, 3.63) is 47.3 Å². The van der Waals surface area contributed by atoms with Crippen molar-refractivity contribution in [1.29, 1.82) is 0 Å². The second-order valence-electron chi connectivity index (χ2n) is 6.84. The lowest BCUT2D eigenvalue weighted by atomic mass is 10.1. The summed E-state index contributed by atoms with van der Waals surface area (Å²) >= 11 is 0. The molecule has 3 rings (SSSR count). The van der Waals surface area contributed by atoms with Crippen molar-refractivity contribution in [3.63, 3.8) is 0 Å². The number of aryl methyl sites for hydroxylation is 2. The molecular weight excluding hydrogens is 314 g/mol. The van der Waals surface area contributed by atoms with Gasteiger partial charge in [0.1, 0.15) is 0 Å². The predicted molar refractivity (Wildman–Crippen MR) is 99.5 cm³/mol. The number of aromatic nitrogens is 2. The zero-order chi connectivity index (χ0) is 17.8. The molecule has 1 amide bonds. The molecule has 0 bridgehead atoms. The van der Waals surface area contributed by atoms with Gasteiger partial charge in [0.15, 0.2) is 0 Å². The monoisotopic (exact) mass is 341 g/mol. The Morgan fingerprint density at radius 1 is 1.12 bits per heavy atom. The van der Waals surface area contributed by atoms with Crippen LogP contribution in [-0.4, -0.2) is 58.7 Å². The average molecular weight is 341 g/mol. The van der Waals surface area contributed by atoms with Gasteiger partial charge in [0, 0.05) is 45.1 Å². The highest BCUT2D eigenvalue weighted by atomic mass is 16.2. The van der Waals surface area contributed by atoms with Crippen LogP contribution in [0.5, 0.6) is 0 Å². The van der Waals surface area contributed by atoms with Gasteiger partial charge < -0.3 is 15.1 Å². The molecule has 0 spiro atoms. The molecule has 1 aliphatic rings. The number of likely N-dealkylation sites (N-methyl/N-ethyl adjacent to an activating group) is 1. The lowest BCUT2D eigenvalue weighted by Gasteiger charge is -2.32. The summed E-state index contributed by atoms with van der Waals surface area (Å²) in [5.41, 5.74) is 4.34. The van der Waals surface area contributed by atoms with Crippen LogP contribution in [0.25, 0.3) is 0 Å². The third-order valence-electron chi connectivity index (χ3n) is 4.74. The summed E-state index contributed by atoms with van der Waals surface area (Å²) in [6.45, 7) is 6.35. The molecule has 1 saturated heterocycles. The molecular formula is C19H27N5O. The van der Waals surface area contributed by atoms with Gasteiger partial charge in [-0.3, -0.25) is 9.48 Å². The number of carbonyl (C=O) groups excluding carboxylic acids is 1. The number of carbonyl (C=O) groups is 1. The van der Waals surface area contributed by atoms with Gasteiger partial charge in [0.2, 0.25) is 5.91 Å². The molecule has 1 aliphatic heterocycles. The molecule has 1 fully saturated rings. The van der Waals surface area contributed by atoms with Crippen molar-refractivity contribution in [2.45, 2.75) is 19.9 Å². The Morgan fingerprint density at radius 3 is 2.40 bits per heavy atom. The van der Waals surface area contributed by atoms with E-state index in [0.717, 1.165) is 43.1 Å². The van der Waals surface area contributed by atoms with Gasteiger partial charge >= 0.3 is 0 Å². The van der Waals surface area contributed by atoms with Crippen molar-refractivity contribution in [2.75, 3.05) is 38.5 Å². The Morgan fingerprint density at radius 2 is 1.80 bits per heavy atom. The largest absolute Gasteiger partial charge is 0.379 e. The van der Waals surface area contributed by atoms with E-state index in [1.807, 2.05) is 47.1 Å². The fourth-order valence-corrected chi connectivity index (χ4v) is 3.10. The van der Waals surface area contributed by atoms with Gasteiger partial charge in [0.25, 0.3) is 0 Å². The zero-order valence-corrected chi connectivity index (χ0v) is 15.3. The van der Waals surface area contributed by atoms with Crippen molar-refractivity contribution in [1.82, 2.24) is 19.6 Å². The maximum absolute atomic E-state index is 12.4. The van der Waals surface area contributed by atoms with E-state index < -0.39 is 0 Å².